The van der Waals surface area contributed by atoms with E-state index < -0.39 is 0 Å². The number of nitrogens with one attached hydrogen (secondary N) is 1. The fraction of sp³-hybridized carbons (Fsp3) is 0.875. The van der Waals surface area contributed by atoms with Crippen molar-refractivity contribution < 1.29 is 0 Å². The van der Waals surface area contributed by atoms with Gasteiger partial charge in [0.05, 0.1) is 5.69 Å². The van der Waals surface area contributed by atoms with Crippen molar-refractivity contribution in [1.29, 1.82) is 0 Å². The molecule has 0 aromatic carbocycles. The quantitative estimate of drug-likeness (QED) is 0.834. The fourth-order valence-corrected chi connectivity index (χ4v) is 3.67. The van der Waals surface area contributed by atoms with E-state index in [1.807, 2.05) is 13.2 Å². The standard InChI is InChI=1S/C16H30N4/c1-4-6-13-7-9-14(10-8-13)16(17-5-2)11-15-12-20(3)19-18-15/h12-14,16-17H,4-11H2,1-3H3. The molecular weight excluding hydrogens is 248 g/mol. The van der Waals surface area contributed by atoms with Gasteiger partial charge in [-0.2, -0.15) is 0 Å². The van der Waals surface area contributed by atoms with Gasteiger partial charge in [-0.15, -0.1) is 5.10 Å². The van der Waals surface area contributed by atoms with Crippen LogP contribution in [0.5, 0.6) is 0 Å². The summed E-state index contributed by atoms with van der Waals surface area (Å²) in [6.45, 7) is 5.55. The maximum atomic E-state index is 4.25. The molecule has 114 valence electrons. The van der Waals surface area contributed by atoms with Crippen molar-refractivity contribution in [2.75, 3.05) is 6.54 Å². The lowest BCUT2D eigenvalue weighted by molar-refractivity contribution is 0.213. The molecule has 1 aromatic rings. The van der Waals surface area contributed by atoms with Crippen LogP contribution >= 0.6 is 0 Å². The van der Waals surface area contributed by atoms with E-state index in [0.29, 0.717) is 6.04 Å². The summed E-state index contributed by atoms with van der Waals surface area (Å²) in [7, 11) is 1.94. The van der Waals surface area contributed by atoms with Crippen LogP contribution in [-0.2, 0) is 13.5 Å². The smallest absolute Gasteiger partial charge is 0.0842 e. The Kier molecular flexibility index (Phi) is 6.02. The van der Waals surface area contributed by atoms with Gasteiger partial charge in [0.1, 0.15) is 0 Å². The number of aromatic nitrogens is 3. The van der Waals surface area contributed by atoms with Crippen molar-refractivity contribution in [3.8, 4) is 0 Å². The second-order valence-electron chi connectivity index (χ2n) is 6.32. The molecule has 1 aromatic heterocycles. The predicted octanol–water partition coefficient (Wildman–Crippen LogP) is 2.94. The van der Waals surface area contributed by atoms with E-state index in [1.165, 1.54) is 38.5 Å². The van der Waals surface area contributed by atoms with E-state index in [1.54, 1.807) is 4.68 Å². The Morgan fingerprint density at radius 2 is 2.05 bits per heavy atom. The second-order valence-corrected chi connectivity index (χ2v) is 6.32. The molecule has 1 aliphatic carbocycles. The van der Waals surface area contributed by atoms with E-state index in [4.69, 9.17) is 0 Å². The fourth-order valence-electron chi connectivity index (χ4n) is 3.67. The van der Waals surface area contributed by atoms with Crippen LogP contribution in [0.2, 0.25) is 0 Å². The molecule has 0 saturated heterocycles. The van der Waals surface area contributed by atoms with Crippen molar-refractivity contribution in [1.82, 2.24) is 20.3 Å². The van der Waals surface area contributed by atoms with Crippen molar-refractivity contribution in [2.24, 2.45) is 18.9 Å². The highest BCUT2D eigenvalue weighted by atomic mass is 15.4. The van der Waals surface area contributed by atoms with Gasteiger partial charge >= 0.3 is 0 Å². The summed E-state index contributed by atoms with van der Waals surface area (Å²) in [6.07, 6.45) is 11.4. The van der Waals surface area contributed by atoms with E-state index in [0.717, 1.165) is 30.5 Å². The van der Waals surface area contributed by atoms with Crippen LogP contribution in [0.1, 0.15) is 58.1 Å². The number of likely N-dealkylation sites (N-methyl/N-ethyl adjacent to an activating group) is 1. The number of aryl methyl sites for hydroxylation is 1. The van der Waals surface area contributed by atoms with Gasteiger partial charge < -0.3 is 5.32 Å². The van der Waals surface area contributed by atoms with Crippen molar-refractivity contribution >= 4 is 0 Å². The SMILES string of the molecule is CCCC1CCC(C(Cc2cn(C)nn2)NCC)CC1. The lowest BCUT2D eigenvalue weighted by Crippen LogP contribution is -2.39. The first-order valence-electron chi connectivity index (χ1n) is 8.31. The third-order valence-electron chi connectivity index (χ3n) is 4.70. The average Bonchev–Trinajstić information content (AvgIpc) is 2.85. The third-order valence-corrected chi connectivity index (χ3v) is 4.70. The summed E-state index contributed by atoms with van der Waals surface area (Å²) in [6, 6.07) is 0.569. The molecule has 1 saturated carbocycles. The zero-order valence-electron chi connectivity index (χ0n) is 13.3. The van der Waals surface area contributed by atoms with Crippen molar-refractivity contribution in [3.05, 3.63) is 11.9 Å². The highest BCUT2D eigenvalue weighted by Gasteiger charge is 2.27. The molecule has 1 atom stereocenters. The topological polar surface area (TPSA) is 42.7 Å². The lowest BCUT2D eigenvalue weighted by Gasteiger charge is -2.34. The zero-order valence-corrected chi connectivity index (χ0v) is 13.3. The van der Waals surface area contributed by atoms with Crippen LogP contribution in [0.4, 0.5) is 0 Å². The van der Waals surface area contributed by atoms with Crippen LogP contribution in [0.25, 0.3) is 0 Å². The first-order chi connectivity index (χ1) is 9.72. The van der Waals surface area contributed by atoms with Gasteiger partial charge in [0, 0.05) is 25.7 Å². The molecule has 1 heterocycles. The van der Waals surface area contributed by atoms with Crippen LogP contribution in [0.3, 0.4) is 0 Å². The van der Waals surface area contributed by atoms with Gasteiger partial charge in [0.15, 0.2) is 0 Å². The maximum Gasteiger partial charge on any atom is 0.0842 e. The Hall–Kier alpha value is -0.900. The van der Waals surface area contributed by atoms with Gasteiger partial charge in [-0.1, -0.05) is 44.7 Å². The normalized spacial score (nSPS) is 24.8. The Labute approximate surface area is 123 Å². The largest absolute Gasteiger partial charge is 0.314 e. The minimum atomic E-state index is 0.569. The molecule has 1 unspecified atom stereocenters. The van der Waals surface area contributed by atoms with Crippen LogP contribution < -0.4 is 5.32 Å². The van der Waals surface area contributed by atoms with Gasteiger partial charge in [-0.3, -0.25) is 4.68 Å². The summed E-state index contributed by atoms with van der Waals surface area (Å²) in [5.74, 6) is 1.79. The van der Waals surface area contributed by atoms with Crippen molar-refractivity contribution in [2.45, 2.75) is 64.8 Å². The van der Waals surface area contributed by atoms with Gasteiger partial charge in [-0.25, -0.2) is 0 Å². The van der Waals surface area contributed by atoms with E-state index in [9.17, 15) is 0 Å². The summed E-state index contributed by atoms with van der Waals surface area (Å²) in [5.41, 5.74) is 1.12. The number of hydrogen-bond acceptors (Lipinski definition) is 3. The average molecular weight is 278 g/mol. The molecule has 4 heteroatoms. The number of nitrogens with zero attached hydrogens (tertiary/aromatic N) is 3. The highest BCUT2D eigenvalue weighted by Crippen LogP contribution is 2.33. The van der Waals surface area contributed by atoms with Crippen molar-refractivity contribution in [3.63, 3.8) is 0 Å². The molecule has 1 aliphatic rings. The molecule has 0 bridgehead atoms. The monoisotopic (exact) mass is 278 g/mol. The summed E-state index contributed by atoms with van der Waals surface area (Å²) in [5, 5.41) is 12.0. The Bertz CT molecular complexity index is 380. The molecule has 2 rings (SSSR count). The van der Waals surface area contributed by atoms with Crippen LogP contribution in [0, 0.1) is 11.8 Å². The Balaban J connectivity index is 1.88. The molecule has 1 fully saturated rings. The molecule has 0 amide bonds. The van der Waals surface area contributed by atoms with E-state index in [2.05, 4.69) is 29.5 Å². The van der Waals surface area contributed by atoms with Gasteiger partial charge in [0.2, 0.25) is 0 Å². The molecule has 0 aliphatic heterocycles. The van der Waals surface area contributed by atoms with E-state index in [-0.39, 0.29) is 0 Å². The molecule has 1 N–H and O–H groups in total. The number of hydrogen-bond donors (Lipinski definition) is 1. The van der Waals surface area contributed by atoms with Gasteiger partial charge in [0.25, 0.3) is 0 Å². The second kappa shape index (κ2) is 7.77. The summed E-state index contributed by atoms with van der Waals surface area (Å²) >= 11 is 0. The first-order valence-corrected chi connectivity index (χ1v) is 8.31. The van der Waals surface area contributed by atoms with E-state index >= 15 is 0 Å². The molecule has 4 nitrogen and oxygen atoms in total. The molecule has 0 radical (unpaired) electrons. The third kappa shape index (κ3) is 4.30. The predicted molar refractivity (Wildman–Crippen MR) is 82.5 cm³/mol. The van der Waals surface area contributed by atoms with Gasteiger partial charge in [-0.05, 0) is 31.2 Å². The minimum Gasteiger partial charge on any atom is -0.314 e. The zero-order chi connectivity index (χ0) is 14.4. The highest BCUT2D eigenvalue weighted by molar-refractivity contribution is 4.98. The summed E-state index contributed by atoms with van der Waals surface area (Å²) < 4.78 is 1.80. The number of rotatable bonds is 7. The minimum absolute atomic E-state index is 0.569. The molecule has 20 heavy (non-hydrogen) atoms. The molecule has 0 spiro atoms. The molecular formula is C16H30N4. The lowest BCUT2D eigenvalue weighted by atomic mass is 9.76. The maximum absolute atomic E-state index is 4.25. The summed E-state index contributed by atoms with van der Waals surface area (Å²) in [4.78, 5) is 0. The van der Waals surface area contributed by atoms with Crippen LogP contribution in [0.15, 0.2) is 6.20 Å². The Morgan fingerprint density at radius 1 is 1.30 bits per heavy atom. The first kappa shape index (κ1) is 15.5. The van der Waals surface area contributed by atoms with Crippen LogP contribution in [-0.4, -0.2) is 27.6 Å². The Morgan fingerprint density at radius 3 is 2.60 bits per heavy atom.